The third-order valence-corrected chi connectivity index (χ3v) is 3.94. The molecule has 1 aliphatic carbocycles. The maximum Gasteiger partial charge on any atom is 0.248 e. The second kappa shape index (κ2) is 3.62. The molecule has 0 saturated heterocycles. The van der Waals surface area contributed by atoms with Gasteiger partial charge in [0.25, 0.3) is 0 Å². The molecule has 1 fully saturated rings. The summed E-state index contributed by atoms with van der Waals surface area (Å²) in [7, 11) is 0. The highest BCUT2D eigenvalue weighted by atomic mass is 35.5. The summed E-state index contributed by atoms with van der Waals surface area (Å²) >= 11 is 5.87. The lowest BCUT2D eigenvalue weighted by Crippen LogP contribution is -2.36. The lowest BCUT2D eigenvalue weighted by Gasteiger charge is -2.37. The van der Waals surface area contributed by atoms with E-state index in [4.69, 9.17) is 16.3 Å². The number of nitrogens with zero attached hydrogens (tertiary/aromatic N) is 1. The zero-order valence-corrected chi connectivity index (χ0v) is 9.94. The van der Waals surface area contributed by atoms with Gasteiger partial charge in [-0.1, -0.05) is 11.6 Å². The van der Waals surface area contributed by atoms with Crippen LogP contribution < -0.4 is 0 Å². The zero-order valence-electron chi connectivity index (χ0n) is 9.18. The van der Waals surface area contributed by atoms with Gasteiger partial charge in [-0.2, -0.15) is 0 Å². The van der Waals surface area contributed by atoms with Crippen molar-refractivity contribution in [1.82, 2.24) is 4.98 Å². The predicted molar refractivity (Wildman–Crippen MR) is 59.1 cm³/mol. The minimum absolute atomic E-state index is 0.119. The molecule has 0 N–H and O–H groups in total. The van der Waals surface area contributed by atoms with Gasteiger partial charge in [-0.25, -0.2) is 13.8 Å². The Kier molecular flexibility index (Phi) is 2.42. The first kappa shape index (κ1) is 11.4. The topological polar surface area (TPSA) is 22.1 Å². The number of aromatic nitrogens is 1. The minimum Gasteiger partial charge on any atom is -0.366 e. The van der Waals surface area contributed by atoms with E-state index in [0.717, 1.165) is 11.1 Å². The maximum atomic E-state index is 13.2. The van der Waals surface area contributed by atoms with Crippen LogP contribution in [0.5, 0.6) is 0 Å². The first-order valence-electron chi connectivity index (χ1n) is 5.68. The van der Waals surface area contributed by atoms with Gasteiger partial charge < -0.3 is 4.74 Å². The molecule has 2 aliphatic rings. The number of fused-ring (bicyclic) bond motifs is 2. The summed E-state index contributed by atoms with van der Waals surface area (Å²) in [6.45, 7) is 0.449. The molecule has 2 heterocycles. The van der Waals surface area contributed by atoms with E-state index in [0.29, 0.717) is 24.6 Å². The predicted octanol–water partition coefficient (Wildman–Crippen LogP) is 3.67. The third kappa shape index (κ3) is 1.83. The van der Waals surface area contributed by atoms with Crippen LogP contribution in [0.25, 0.3) is 0 Å². The Balaban J connectivity index is 1.95. The van der Waals surface area contributed by atoms with Crippen LogP contribution in [0.15, 0.2) is 12.3 Å². The highest BCUT2D eigenvalue weighted by Crippen LogP contribution is 2.50. The second-order valence-electron chi connectivity index (χ2n) is 4.80. The Bertz CT molecular complexity index is 454. The van der Waals surface area contributed by atoms with E-state index in [-0.39, 0.29) is 12.8 Å². The van der Waals surface area contributed by atoms with Gasteiger partial charge in [-0.3, -0.25) is 0 Å². The van der Waals surface area contributed by atoms with Crippen molar-refractivity contribution in [2.24, 2.45) is 0 Å². The molecule has 92 valence electrons. The molecule has 1 spiro atoms. The number of halogens is 3. The van der Waals surface area contributed by atoms with Crippen molar-refractivity contribution in [2.45, 2.75) is 43.8 Å². The molecule has 1 saturated carbocycles. The smallest absolute Gasteiger partial charge is 0.248 e. The Labute approximate surface area is 103 Å². The van der Waals surface area contributed by atoms with Crippen molar-refractivity contribution < 1.29 is 13.5 Å². The third-order valence-electron chi connectivity index (χ3n) is 3.74. The van der Waals surface area contributed by atoms with Crippen LogP contribution in [0.3, 0.4) is 0 Å². The van der Waals surface area contributed by atoms with Gasteiger partial charge in [0.05, 0.1) is 12.2 Å². The summed E-state index contributed by atoms with van der Waals surface area (Å²) in [6, 6.07) is 1.76. The number of hydrogen-bond acceptors (Lipinski definition) is 2. The average Bonchev–Trinajstić information content (AvgIpc) is 2.63. The van der Waals surface area contributed by atoms with Crippen LogP contribution in [0.4, 0.5) is 8.78 Å². The summed E-state index contributed by atoms with van der Waals surface area (Å²) in [5.41, 5.74) is 1.37. The molecule has 5 heteroatoms. The van der Waals surface area contributed by atoms with Crippen molar-refractivity contribution >= 4 is 11.6 Å². The Morgan fingerprint density at radius 3 is 2.65 bits per heavy atom. The van der Waals surface area contributed by atoms with E-state index in [2.05, 4.69) is 4.98 Å². The lowest BCUT2D eigenvalue weighted by atomic mass is 9.78. The zero-order chi connectivity index (χ0) is 12.1. The molecule has 0 radical (unpaired) electrons. The number of hydrogen-bond donors (Lipinski definition) is 0. The van der Waals surface area contributed by atoms with Gasteiger partial charge in [-0.05, 0) is 24.5 Å². The van der Waals surface area contributed by atoms with E-state index < -0.39 is 11.5 Å². The van der Waals surface area contributed by atoms with E-state index in [1.807, 2.05) is 0 Å². The van der Waals surface area contributed by atoms with Crippen LogP contribution in [-0.2, 0) is 16.9 Å². The number of alkyl halides is 2. The highest BCUT2D eigenvalue weighted by molar-refractivity contribution is 6.29. The summed E-state index contributed by atoms with van der Waals surface area (Å²) in [5.74, 6) is -2.55. The van der Waals surface area contributed by atoms with E-state index in [1.54, 1.807) is 12.3 Å². The van der Waals surface area contributed by atoms with E-state index in [9.17, 15) is 8.78 Å². The molecule has 17 heavy (non-hydrogen) atoms. The van der Waals surface area contributed by atoms with Gasteiger partial charge in [0, 0.05) is 24.6 Å². The fourth-order valence-electron chi connectivity index (χ4n) is 2.72. The molecule has 0 bridgehead atoms. The molecule has 0 amide bonds. The summed E-state index contributed by atoms with van der Waals surface area (Å²) in [4.78, 5) is 3.99. The van der Waals surface area contributed by atoms with Gasteiger partial charge in [0.15, 0.2) is 0 Å². The SMILES string of the molecule is FC1(F)CCC2(CC1)OCc1cnc(Cl)cc12. The van der Waals surface area contributed by atoms with E-state index >= 15 is 0 Å². The van der Waals surface area contributed by atoms with Crippen LogP contribution in [0, 0.1) is 0 Å². The fourth-order valence-corrected chi connectivity index (χ4v) is 2.88. The molecule has 0 atom stereocenters. The van der Waals surface area contributed by atoms with Crippen LogP contribution in [0.2, 0.25) is 5.15 Å². The number of ether oxygens (including phenoxy) is 1. The molecular weight excluding hydrogens is 248 g/mol. The lowest BCUT2D eigenvalue weighted by molar-refractivity contribution is -0.130. The standard InChI is InChI=1S/C12H12ClF2NO/c13-10-5-9-8(6-16-10)7-17-11(9)1-3-12(14,15)4-2-11/h5-6H,1-4,7H2. The summed E-state index contributed by atoms with van der Waals surface area (Å²) < 4.78 is 32.2. The van der Waals surface area contributed by atoms with Gasteiger partial charge in [0.2, 0.25) is 5.92 Å². The number of rotatable bonds is 0. The second-order valence-corrected chi connectivity index (χ2v) is 5.19. The Hall–Kier alpha value is -0.740. The first-order valence-corrected chi connectivity index (χ1v) is 6.05. The molecule has 1 aliphatic heterocycles. The Morgan fingerprint density at radius 2 is 1.94 bits per heavy atom. The normalized spacial score (nSPS) is 24.9. The molecule has 2 nitrogen and oxygen atoms in total. The quantitative estimate of drug-likeness (QED) is 0.663. The van der Waals surface area contributed by atoms with Crippen molar-refractivity contribution in [3.63, 3.8) is 0 Å². The van der Waals surface area contributed by atoms with Crippen molar-refractivity contribution in [3.05, 3.63) is 28.5 Å². The first-order chi connectivity index (χ1) is 8.01. The van der Waals surface area contributed by atoms with Gasteiger partial charge in [-0.15, -0.1) is 0 Å². The average molecular weight is 260 g/mol. The Morgan fingerprint density at radius 1 is 1.24 bits per heavy atom. The van der Waals surface area contributed by atoms with E-state index in [1.165, 1.54) is 0 Å². The molecular formula is C12H12ClF2NO. The largest absolute Gasteiger partial charge is 0.366 e. The molecule has 1 aromatic rings. The van der Waals surface area contributed by atoms with Gasteiger partial charge in [0.1, 0.15) is 5.15 Å². The van der Waals surface area contributed by atoms with Gasteiger partial charge >= 0.3 is 0 Å². The van der Waals surface area contributed by atoms with Crippen molar-refractivity contribution in [1.29, 1.82) is 0 Å². The van der Waals surface area contributed by atoms with Crippen molar-refractivity contribution in [2.75, 3.05) is 0 Å². The molecule has 3 rings (SSSR count). The monoisotopic (exact) mass is 259 g/mol. The highest BCUT2D eigenvalue weighted by Gasteiger charge is 2.48. The summed E-state index contributed by atoms with van der Waals surface area (Å²) in [5, 5.41) is 0.394. The number of pyridine rings is 1. The molecule has 0 aromatic carbocycles. The van der Waals surface area contributed by atoms with Crippen molar-refractivity contribution in [3.8, 4) is 0 Å². The summed E-state index contributed by atoms with van der Waals surface area (Å²) in [6.07, 6.45) is 2.15. The van der Waals surface area contributed by atoms with Crippen LogP contribution >= 0.6 is 11.6 Å². The maximum absolute atomic E-state index is 13.2. The van der Waals surface area contributed by atoms with Crippen LogP contribution in [0.1, 0.15) is 36.8 Å². The minimum atomic E-state index is -2.55. The fraction of sp³-hybridized carbons (Fsp3) is 0.583. The molecule has 0 unspecified atom stereocenters. The van der Waals surface area contributed by atoms with Crippen LogP contribution in [-0.4, -0.2) is 10.9 Å². The molecule has 1 aromatic heterocycles.